The number of pyridine rings is 1. The number of ether oxygens (including phenoxy) is 2. The van der Waals surface area contributed by atoms with Gasteiger partial charge in [0, 0.05) is 13.0 Å². The van der Waals surface area contributed by atoms with Crippen LogP contribution in [0, 0.1) is 0 Å². The minimum atomic E-state index is -1.28. The molecule has 7 heteroatoms. The predicted molar refractivity (Wildman–Crippen MR) is 80.4 cm³/mol. The van der Waals surface area contributed by atoms with Gasteiger partial charge in [-0.25, -0.2) is 14.2 Å². The van der Waals surface area contributed by atoms with Crippen LogP contribution in [-0.2, 0) is 4.74 Å². The van der Waals surface area contributed by atoms with Crippen LogP contribution in [0.4, 0.5) is 15.0 Å². The summed E-state index contributed by atoms with van der Waals surface area (Å²) >= 11 is 0. The smallest absolute Gasteiger partial charge is 0.410 e. The highest BCUT2D eigenvalue weighted by Gasteiger charge is 2.34. The zero-order valence-electron chi connectivity index (χ0n) is 13.1. The maximum Gasteiger partial charge on any atom is 0.410 e. The van der Waals surface area contributed by atoms with E-state index in [1.54, 1.807) is 32.9 Å². The molecular formula is C15H22FN3O3. The predicted octanol–water partition coefficient (Wildman–Crippen LogP) is 2.39. The van der Waals surface area contributed by atoms with Crippen molar-refractivity contribution in [3.05, 3.63) is 18.3 Å². The van der Waals surface area contributed by atoms with Crippen molar-refractivity contribution < 1.29 is 18.7 Å². The number of piperidine rings is 1. The Bertz CT molecular complexity index is 516. The summed E-state index contributed by atoms with van der Waals surface area (Å²) < 4.78 is 25.1. The Labute approximate surface area is 129 Å². The first-order valence-electron chi connectivity index (χ1n) is 7.25. The van der Waals surface area contributed by atoms with E-state index in [1.165, 1.54) is 11.1 Å². The number of carbonyl (C=O) groups excluding carboxylic acids is 1. The molecule has 2 heterocycles. The highest BCUT2D eigenvalue weighted by atomic mass is 19.1. The summed E-state index contributed by atoms with van der Waals surface area (Å²) in [6.45, 7) is 5.69. The number of carbonyl (C=O) groups is 1. The van der Waals surface area contributed by atoms with Gasteiger partial charge < -0.3 is 20.1 Å². The van der Waals surface area contributed by atoms with Crippen molar-refractivity contribution in [2.75, 3.05) is 18.8 Å². The van der Waals surface area contributed by atoms with Crippen LogP contribution in [0.5, 0.6) is 5.75 Å². The lowest BCUT2D eigenvalue weighted by Gasteiger charge is -2.35. The van der Waals surface area contributed by atoms with Crippen molar-refractivity contribution in [2.45, 2.75) is 45.1 Å². The highest BCUT2D eigenvalue weighted by molar-refractivity contribution is 5.68. The molecule has 1 aliphatic rings. The van der Waals surface area contributed by atoms with Gasteiger partial charge in [-0.05, 0) is 32.9 Å². The van der Waals surface area contributed by atoms with Crippen molar-refractivity contribution in [1.82, 2.24) is 9.88 Å². The van der Waals surface area contributed by atoms with Crippen molar-refractivity contribution >= 4 is 11.9 Å². The Hall–Kier alpha value is -2.05. The minimum Gasteiger partial charge on any atom is -0.486 e. The van der Waals surface area contributed by atoms with Crippen LogP contribution in [0.2, 0.25) is 0 Å². The number of hydrogen-bond acceptors (Lipinski definition) is 5. The number of nitrogens with zero attached hydrogens (tertiary/aromatic N) is 2. The molecule has 0 unspecified atom stereocenters. The van der Waals surface area contributed by atoms with Crippen LogP contribution >= 0.6 is 0 Å². The average molecular weight is 311 g/mol. The summed E-state index contributed by atoms with van der Waals surface area (Å²) in [6.07, 6.45) is -0.529. The fourth-order valence-corrected chi connectivity index (χ4v) is 2.14. The molecule has 1 aromatic heterocycles. The average Bonchev–Trinajstić information content (AvgIpc) is 2.41. The van der Waals surface area contributed by atoms with E-state index >= 15 is 0 Å². The highest BCUT2D eigenvalue weighted by Crippen LogP contribution is 2.22. The molecule has 2 rings (SSSR count). The molecule has 0 spiro atoms. The Morgan fingerprint density at radius 2 is 2.18 bits per heavy atom. The number of rotatable bonds is 2. The summed E-state index contributed by atoms with van der Waals surface area (Å²) in [5.41, 5.74) is 4.90. The van der Waals surface area contributed by atoms with Crippen molar-refractivity contribution in [3.8, 4) is 5.75 Å². The van der Waals surface area contributed by atoms with Crippen molar-refractivity contribution in [1.29, 1.82) is 0 Å². The number of alkyl halides is 1. The monoisotopic (exact) mass is 311 g/mol. The number of nitrogen functional groups attached to an aromatic ring is 1. The first-order valence-corrected chi connectivity index (χ1v) is 7.25. The number of hydrogen-bond donors (Lipinski definition) is 1. The van der Waals surface area contributed by atoms with Gasteiger partial charge in [0.1, 0.15) is 23.3 Å². The Morgan fingerprint density at radius 1 is 1.45 bits per heavy atom. The molecule has 0 radical (unpaired) electrons. The SMILES string of the molecule is CC(C)(C)OC(=O)N1CC[C@H](Oc2ccc(N)nc2)[C@H](F)C1. The molecular weight excluding hydrogens is 289 g/mol. The number of likely N-dealkylation sites (tertiary alicyclic amines) is 1. The van der Waals surface area contributed by atoms with E-state index in [4.69, 9.17) is 15.2 Å². The van der Waals surface area contributed by atoms with Gasteiger partial charge in [-0.15, -0.1) is 0 Å². The standard InChI is InChI=1S/C15H22FN3O3/c1-15(2,3)22-14(20)19-7-6-12(11(16)9-19)21-10-4-5-13(17)18-8-10/h4-5,8,11-12H,6-7,9H2,1-3H3,(H2,17,18)/t11-,12+/m1/s1. The fourth-order valence-electron chi connectivity index (χ4n) is 2.14. The fraction of sp³-hybridized carbons (Fsp3) is 0.600. The maximum absolute atomic E-state index is 14.2. The number of anilines is 1. The number of amides is 1. The van der Waals surface area contributed by atoms with Crippen molar-refractivity contribution in [2.24, 2.45) is 0 Å². The lowest BCUT2D eigenvalue weighted by Crippen LogP contribution is -2.50. The lowest BCUT2D eigenvalue weighted by atomic mass is 10.1. The van der Waals surface area contributed by atoms with E-state index in [-0.39, 0.29) is 6.54 Å². The molecule has 22 heavy (non-hydrogen) atoms. The Morgan fingerprint density at radius 3 is 2.73 bits per heavy atom. The quantitative estimate of drug-likeness (QED) is 0.907. The third kappa shape index (κ3) is 4.47. The van der Waals surface area contributed by atoms with Gasteiger partial charge in [0.15, 0.2) is 6.17 Å². The minimum absolute atomic E-state index is 0.0397. The van der Waals surface area contributed by atoms with Crippen LogP contribution in [0.3, 0.4) is 0 Å². The van der Waals surface area contributed by atoms with Crippen LogP contribution < -0.4 is 10.5 Å². The van der Waals surface area contributed by atoms with Gasteiger partial charge in [0.25, 0.3) is 0 Å². The summed E-state index contributed by atoms with van der Waals surface area (Å²) in [7, 11) is 0. The molecule has 122 valence electrons. The maximum atomic E-state index is 14.2. The van der Waals surface area contributed by atoms with Gasteiger partial charge >= 0.3 is 6.09 Å². The topological polar surface area (TPSA) is 77.7 Å². The van der Waals surface area contributed by atoms with Crippen molar-refractivity contribution in [3.63, 3.8) is 0 Å². The molecule has 0 saturated carbocycles. The molecule has 1 saturated heterocycles. The number of aromatic nitrogens is 1. The van der Waals surface area contributed by atoms with Crippen LogP contribution in [0.25, 0.3) is 0 Å². The summed E-state index contributed by atoms with van der Waals surface area (Å²) in [4.78, 5) is 17.2. The molecule has 1 aromatic rings. The Balaban J connectivity index is 1.90. The van der Waals surface area contributed by atoms with E-state index in [9.17, 15) is 9.18 Å². The normalized spacial score (nSPS) is 22.3. The summed E-state index contributed by atoms with van der Waals surface area (Å²) in [5.74, 6) is 0.844. The van der Waals surface area contributed by atoms with Crippen LogP contribution in [0.1, 0.15) is 27.2 Å². The molecule has 0 aliphatic carbocycles. The zero-order valence-corrected chi connectivity index (χ0v) is 13.1. The molecule has 6 nitrogen and oxygen atoms in total. The molecule has 1 amide bonds. The molecule has 0 bridgehead atoms. The number of halogens is 1. The lowest BCUT2D eigenvalue weighted by molar-refractivity contribution is -0.0106. The van der Waals surface area contributed by atoms with Gasteiger partial charge in [0.05, 0.1) is 12.7 Å². The van der Waals surface area contributed by atoms with E-state index in [1.807, 2.05) is 0 Å². The second-order valence-electron chi connectivity index (χ2n) is 6.31. The van der Waals surface area contributed by atoms with E-state index in [2.05, 4.69) is 4.98 Å². The molecule has 2 N–H and O–H groups in total. The first kappa shape index (κ1) is 16.3. The molecule has 0 aromatic carbocycles. The Kier molecular flexibility index (Phi) is 4.73. The third-order valence-electron chi connectivity index (χ3n) is 3.18. The molecule has 1 aliphatic heterocycles. The molecule has 1 fully saturated rings. The first-order chi connectivity index (χ1) is 10.2. The second-order valence-corrected chi connectivity index (χ2v) is 6.31. The largest absolute Gasteiger partial charge is 0.486 e. The zero-order chi connectivity index (χ0) is 16.3. The summed E-state index contributed by atoms with van der Waals surface area (Å²) in [6, 6.07) is 3.24. The van der Waals surface area contributed by atoms with Gasteiger partial charge in [-0.2, -0.15) is 0 Å². The van der Waals surface area contributed by atoms with E-state index in [0.717, 1.165) is 0 Å². The van der Waals surface area contributed by atoms with Gasteiger partial charge in [-0.1, -0.05) is 0 Å². The number of nitrogens with two attached hydrogens (primary N) is 1. The second kappa shape index (κ2) is 6.37. The van der Waals surface area contributed by atoms with E-state index < -0.39 is 24.0 Å². The third-order valence-corrected chi connectivity index (χ3v) is 3.18. The van der Waals surface area contributed by atoms with Crippen LogP contribution in [0.15, 0.2) is 18.3 Å². The summed E-state index contributed by atoms with van der Waals surface area (Å²) in [5, 5.41) is 0. The van der Waals surface area contributed by atoms with Gasteiger partial charge in [-0.3, -0.25) is 0 Å². The van der Waals surface area contributed by atoms with Gasteiger partial charge in [0.2, 0.25) is 0 Å². The van der Waals surface area contributed by atoms with E-state index in [0.29, 0.717) is 24.5 Å². The molecule has 2 atom stereocenters. The van der Waals surface area contributed by atoms with Crippen LogP contribution in [-0.4, -0.2) is 46.9 Å².